The third-order valence-electron chi connectivity index (χ3n) is 4.51. The lowest BCUT2D eigenvalue weighted by Gasteiger charge is -2.24. The summed E-state index contributed by atoms with van der Waals surface area (Å²) in [7, 11) is -3.61. The summed E-state index contributed by atoms with van der Waals surface area (Å²) in [5, 5.41) is 0.657. The van der Waals surface area contributed by atoms with E-state index < -0.39 is 10.0 Å². The fraction of sp³-hybridized carbons (Fsp3) is 0.190. The highest BCUT2D eigenvalue weighted by Gasteiger charge is 2.20. The number of carbonyl (C=O) groups is 1. The maximum atomic E-state index is 12.4. The van der Waals surface area contributed by atoms with Crippen molar-refractivity contribution in [1.29, 1.82) is 0 Å². The zero-order valence-corrected chi connectivity index (χ0v) is 19.2. The molecule has 0 N–H and O–H groups in total. The molecule has 0 spiro atoms. The molecule has 31 heavy (non-hydrogen) atoms. The Bertz CT molecular complexity index is 1170. The van der Waals surface area contributed by atoms with E-state index in [2.05, 4.69) is 9.97 Å². The van der Waals surface area contributed by atoms with Crippen LogP contribution in [0.4, 0.5) is 11.4 Å². The summed E-state index contributed by atoms with van der Waals surface area (Å²) in [5.41, 5.74) is 3.02. The highest BCUT2D eigenvalue weighted by atomic mass is 35.5. The monoisotopic (exact) mass is 478 g/mol. The molecule has 2 aromatic carbocycles. The molecule has 1 aromatic heterocycles. The number of amides is 1. The number of hydrogen-bond acceptors (Lipinski definition) is 5. The van der Waals surface area contributed by atoms with Crippen LogP contribution in [0.2, 0.25) is 10.0 Å². The van der Waals surface area contributed by atoms with E-state index in [1.165, 1.54) is 9.21 Å². The summed E-state index contributed by atoms with van der Waals surface area (Å²) in [5.74, 6) is 0. The fourth-order valence-corrected chi connectivity index (χ4v) is 4.16. The van der Waals surface area contributed by atoms with Crippen molar-refractivity contribution in [2.24, 2.45) is 0 Å². The lowest BCUT2D eigenvalue weighted by atomic mass is 10.2. The number of carbonyl (C=O) groups excluding carboxylic acids is 1. The molecule has 1 amide bonds. The first kappa shape index (κ1) is 23.0. The molecule has 1 heterocycles. The van der Waals surface area contributed by atoms with Crippen LogP contribution in [0.5, 0.6) is 0 Å². The van der Waals surface area contributed by atoms with Crippen molar-refractivity contribution >= 4 is 51.0 Å². The average molecular weight is 479 g/mol. The number of aromatic nitrogens is 2. The molecule has 3 rings (SSSR count). The molecular weight excluding hydrogens is 459 g/mol. The van der Waals surface area contributed by atoms with Gasteiger partial charge >= 0.3 is 0 Å². The van der Waals surface area contributed by atoms with Crippen molar-refractivity contribution in [1.82, 2.24) is 9.97 Å². The number of rotatable bonds is 8. The Kier molecular flexibility index (Phi) is 7.15. The molecule has 0 saturated heterocycles. The van der Waals surface area contributed by atoms with Gasteiger partial charge in [0.25, 0.3) is 0 Å². The van der Waals surface area contributed by atoms with Crippen LogP contribution in [0.25, 0.3) is 0 Å². The Morgan fingerprint density at radius 2 is 1.65 bits per heavy atom. The van der Waals surface area contributed by atoms with E-state index in [0.29, 0.717) is 39.1 Å². The predicted molar refractivity (Wildman–Crippen MR) is 123 cm³/mol. The van der Waals surface area contributed by atoms with E-state index in [9.17, 15) is 13.2 Å². The fourth-order valence-electron chi connectivity index (χ4n) is 2.90. The predicted octanol–water partition coefficient (Wildman–Crippen LogP) is 4.22. The van der Waals surface area contributed by atoms with Crippen molar-refractivity contribution < 1.29 is 13.2 Å². The van der Waals surface area contributed by atoms with Gasteiger partial charge in [-0.25, -0.2) is 8.42 Å². The van der Waals surface area contributed by atoms with Crippen LogP contribution in [0, 0.1) is 6.92 Å². The summed E-state index contributed by atoms with van der Waals surface area (Å²) in [6, 6.07) is 11.7. The number of nitrogens with zero attached hydrogens (tertiary/aromatic N) is 4. The maximum absolute atomic E-state index is 12.4. The molecule has 0 atom stereocenters. The zero-order valence-electron chi connectivity index (χ0n) is 16.9. The third-order valence-corrected chi connectivity index (χ3v) is 6.51. The number of aryl methyl sites for hydroxylation is 1. The van der Waals surface area contributed by atoms with Crippen molar-refractivity contribution in [2.45, 2.75) is 20.0 Å². The molecule has 7 nitrogen and oxygen atoms in total. The van der Waals surface area contributed by atoms with E-state index >= 15 is 0 Å². The average Bonchev–Trinajstić information content (AvgIpc) is 2.74. The molecule has 0 aliphatic heterocycles. The maximum Gasteiger partial charge on any atom is 0.232 e. The standard InChI is InChI=1S/C21H20Cl2N4O3S/c1-15-10-25-17(11-24-15)13-26(14-28)18-6-8-19(9-7-18)27(31(2,29)30)12-16-4-3-5-20(22)21(16)23/h3-11,14H,12-13H2,1-2H3. The van der Waals surface area contributed by atoms with Gasteiger partial charge in [-0.15, -0.1) is 0 Å². The second-order valence-corrected chi connectivity index (χ2v) is 9.57. The molecule has 0 aliphatic rings. The van der Waals surface area contributed by atoms with E-state index in [1.807, 2.05) is 6.92 Å². The minimum Gasteiger partial charge on any atom is -0.309 e. The summed E-state index contributed by atoms with van der Waals surface area (Å²) in [4.78, 5) is 21.5. The molecule has 162 valence electrons. The van der Waals surface area contributed by atoms with Gasteiger partial charge in [-0.2, -0.15) is 0 Å². The molecule has 0 radical (unpaired) electrons. The van der Waals surface area contributed by atoms with Gasteiger partial charge in [-0.3, -0.25) is 19.1 Å². The van der Waals surface area contributed by atoms with Gasteiger partial charge in [-0.05, 0) is 42.8 Å². The Morgan fingerprint density at radius 3 is 2.23 bits per heavy atom. The van der Waals surface area contributed by atoms with Crippen LogP contribution in [-0.4, -0.2) is 31.1 Å². The van der Waals surface area contributed by atoms with Gasteiger partial charge in [0.1, 0.15) is 0 Å². The Balaban J connectivity index is 1.86. The summed E-state index contributed by atoms with van der Waals surface area (Å²) < 4.78 is 26.1. The van der Waals surface area contributed by atoms with Crippen LogP contribution < -0.4 is 9.21 Å². The zero-order chi connectivity index (χ0) is 22.6. The van der Waals surface area contributed by atoms with E-state index in [4.69, 9.17) is 23.2 Å². The van der Waals surface area contributed by atoms with Crippen molar-refractivity contribution in [3.8, 4) is 0 Å². The quantitative estimate of drug-likeness (QED) is 0.452. The number of halogens is 2. The molecule has 10 heteroatoms. The number of hydrogen-bond donors (Lipinski definition) is 0. The number of sulfonamides is 1. The molecule has 0 saturated carbocycles. The van der Waals surface area contributed by atoms with Gasteiger partial charge in [0.05, 0.1) is 52.7 Å². The van der Waals surface area contributed by atoms with E-state index in [0.717, 1.165) is 11.9 Å². The largest absolute Gasteiger partial charge is 0.309 e. The van der Waals surface area contributed by atoms with Crippen LogP contribution in [0.3, 0.4) is 0 Å². The smallest absolute Gasteiger partial charge is 0.232 e. The SMILES string of the molecule is Cc1cnc(CN(C=O)c2ccc(N(Cc3cccc(Cl)c3Cl)S(C)(=O)=O)cc2)cn1. The first-order valence-electron chi connectivity index (χ1n) is 9.19. The second kappa shape index (κ2) is 9.64. The highest BCUT2D eigenvalue weighted by Crippen LogP contribution is 2.30. The van der Waals surface area contributed by atoms with Crippen molar-refractivity contribution in [3.05, 3.63) is 81.9 Å². The van der Waals surface area contributed by atoms with Crippen molar-refractivity contribution in [3.63, 3.8) is 0 Å². The Hall–Kier alpha value is -2.68. The van der Waals surface area contributed by atoms with Gasteiger partial charge in [-0.1, -0.05) is 35.3 Å². The lowest BCUT2D eigenvalue weighted by molar-refractivity contribution is -0.107. The molecule has 0 unspecified atom stereocenters. The van der Waals surface area contributed by atoms with E-state index in [1.54, 1.807) is 54.9 Å². The van der Waals surface area contributed by atoms with E-state index in [-0.39, 0.29) is 13.1 Å². The first-order chi connectivity index (χ1) is 14.7. The molecule has 3 aromatic rings. The van der Waals surface area contributed by atoms with Gasteiger partial charge in [0, 0.05) is 11.9 Å². The van der Waals surface area contributed by atoms with Crippen molar-refractivity contribution in [2.75, 3.05) is 15.5 Å². The highest BCUT2D eigenvalue weighted by molar-refractivity contribution is 7.92. The van der Waals surface area contributed by atoms with Crippen LogP contribution in [0.1, 0.15) is 17.0 Å². The summed E-state index contributed by atoms with van der Waals surface area (Å²) in [6.07, 6.45) is 5.05. The van der Waals surface area contributed by atoms with Crippen LogP contribution >= 0.6 is 23.2 Å². The van der Waals surface area contributed by atoms with Gasteiger partial charge in [0.2, 0.25) is 16.4 Å². The Labute approximate surface area is 191 Å². The molecule has 0 fully saturated rings. The molecule has 0 aliphatic carbocycles. The topological polar surface area (TPSA) is 83.5 Å². The van der Waals surface area contributed by atoms with Gasteiger partial charge in [0.15, 0.2) is 0 Å². The minimum absolute atomic E-state index is 0.0218. The lowest BCUT2D eigenvalue weighted by Crippen LogP contribution is -2.29. The number of benzene rings is 2. The third kappa shape index (κ3) is 5.72. The summed E-state index contributed by atoms with van der Waals surface area (Å²) >= 11 is 12.3. The second-order valence-electron chi connectivity index (χ2n) is 6.88. The minimum atomic E-state index is -3.61. The molecular formula is C21H20Cl2N4O3S. The Morgan fingerprint density at radius 1 is 0.968 bits per heavy atom. The first-order valence-corrected chi connectivity index (χ1v) is 11.8. The van der Waals surface area contributed by atoms with Crippen LogP contribution in [-0.2, 0) is 27.9 Å². The normalized spacial score (nSPS) is 11.2. The number of anilines is 2. The summed E-state index contributed by atoms with van der Waals surface area (Å²) in [6.45, 7) is 2.09. The molecule has 0 bridgehead atoms. The van der Waals surface area contributed by atoms with Gasteiger partial charge < -0.3 is 4.90 Å². The van der Waals surface area contributed by atoms with Crippen LogP contribution in [0.15, 0.2) is 54.9 Å².